The molecular weight excluding hydrogens is 346 g/mol. The van der Waals surface area contributed by atoms with Crippen LogP contribution in [0.15, 0.2) is 22.7 Å². The average molecular weight is 373 g/mol. The molecule has 0 radical (unpaired) electrons. The molecule has 1 N–H and O–H groups in total. The molecule has 3 unspecified atom stereocenters. The third kappa shape index (κ3) is 4.46. The zero-order chi connectivity index (χ0) is 15.2. The monoisotopic (exact) mass is 371 g/mol. The Bertz CT molecular complexity index is 449. The highest BCUT2D eigenvalue weighted by Crippen LogP contribution is 2.41. The van der Waals surface area contributed by atoms with Crippen molar-refractivity contribution in [2.45, 2.75) is 58.4 Å². The van der Waals surface area contributed by atoms with Crippen LogP contribution in [0.3, 0.4) is 0 Å². The van der Waals surface area contributed by atoms with Gasteiger partial charge in [-0.05, 0) is 64.8 Å². The largest absolute Gasteiger partial charge is 0.310 e. The first kappa shape index (κ1) is 17.3. The Hall–Kier alpha value is -0.0500. The van der Waals surface area contributed by atoms with Gasteiger partial charge in [-0.3, -0.25) is 0 Å². The molecule has 1 aromatic carbocycles. The van der Waals surface area contributed by atoms with Crippen LogP contribution in [0, 0.1) is 11.8 Å². The molecule has 1 aliphatic rings. The predicted octanol–water partition coefficient (Wildman–Crippen LogP) is 6.36. The minimum absolute atomic E-state index is 0.462. The lowest BCUT2D eigenvalue weighted by Crippen LogP contribution is -2.34. The van der Waals surface area contributed by atoms with Crippen molar-refractivity contribution in [2.24, 2.45) is 11.8 Å². The predicted molar refractivity (Wildman–Crippen MR) is 95.9 cm³/mol. The second-order valence-corrected chi connectivity index (χ2v) is 7.48. The normalized spacial score (nSPS) is 24.0. The van der Waals surface area contributed by atoms with E-state index in [9.17, 15) is 0 Å². The fraction of sp³-hybridized carbons (Fsp3) is 0.667. The second kappa shape index (κ2) is 8.55. The van der Waals surface area contributed by atoms with Gasteiger partial charge in [-0.2, -0.15) is 0 Å². The summed E-state index contributed by atoms with van der Waals surface area (Å²) in [6.45, 7) is 5.66. The molecule has 0 spiro atoms. The molecule has 1 fully saturated rings. The van der Waals surface area contributed by atoms with Gasteiger partial charge in [-0.25, -0.2) is 0 Å². The van der Waals surface area contributed by atoms with Gasteiger partial charge in [0.1, 0.15) is 0 Å². The number of hydrogen-bond donors (Lipinski definition) is 1. The zero-order valence-corrected chi connectivity index (χ0v) is 15.5. The molecule has 1 saturated carbocycles. The number of benzene rings is 1. The Morgan fingerprint density at radius 3 is 2.71 bits per heavy atom. The third-order valence-corrected chi connectivity index (χ3v) is 6.05. The van der Waals surface area contributed by atoms with E-state index in [1.807, 2.05) is 6.07 Å². The van der Waals surface area contributed by atoms with Crippen LogP contribution in [0.5, 0.6) is 0 Å². The average Bonchev–Trinajstić information content (AvgIpc) is 2.51. The summed E-state index contributed by atoms with van der Waals surface area (Å²) in [4.78, 5) is 0. The van der Waals surface area contributed by atoms with E-state index in [0.717, 1.165) is 27.9 Å². The topological polar surface area (TPSA) is 12.0 Å². The van der Waals surface area contributed by atoms with Crippen molar-refractivity contribution < 1.29 is 0 Å². The molecular formula is C18H27BrClN. The maximum Gasteiger partial charge on any atom is 0.0548 e. The molecule has 0 aliphatic heterocycles. The van der Waals surface area contributed by atoms with Crippen LogP contribution >= 0.6 is 27.5 Å². The number of halogens is 2. The second-order valence-electron chi connectivity index (χ2n) is 6.22. The molecule has 0 heterocycles. The van der Waals surface area contributed by atoms with Crippen LogP contribution in [0.2, 0.25) is 5.02 Å². The van der Waals surface area contributed by atoms with Crippen LogP contribution in [-0.2, 0) is 0 Å². The summed E-state index contributed by atoms with van der Waals surface area (Å²) >= 11 is 9.74. The van der Waals surface area contributed by atoms with Gasteiger partial charge in [-0.15, -0.1) is 0 Å². The molecule has 1 nitrogen and oxygen atoms in total. The van der Waals surface area contributed by atoms with E-state index in [1.165, 1.54) is 44.1 Å². The summed E-state index contributed by atoms with van der Waals surface area (Å²) in [5.74, 6) is 1.60. The van der Waals surface area contributed by atoms with Gasteiger partial charge >= 0.3 is 0 Å². The van der Waals surface area contributed by atoms with Crippen molar-refractivity contribution in [3.63, 3.8) is 0 Å². The molecule has 1 aromatic rings. The van der Waals surface area contributed by atoms with Crippen LogP contribution < -0.4 is 5.32 Å². The van der Waals surface area contributed by atoms with Crippen LogP contribution in [0.1, 0.15) is 64.0 Å². The molecule has 0 saturated heterocycles. The highest BCUT2D eigenvalue weighted by Gasteiger charge is 2.31. The molecule has 1 aliphatic carbocycles. The molecule has 3 atom stereocenters. The van der Waals surface area contributed by atoms with Gasteiger partial charge < -0.3 is 5.32 Å². The summed E-state index contributed by atoms with van der Waals surface area (Å²) < 4.78 is 1.01. The fourth-order valence-corrected chi connectivity index (χ4v) is 4.22. The Kier molecular flexibility index (Phi) is 7.04. The quantitative estimate of drug-likeness (QED) is 0.612. The molecule has 0 bridgehead atoms. The standard InChI is InChI=1S/C18H27BrClN/c1-3-11-21-18(14-9-10-17(20)16(19)12-14)15-8-6-5-7-13(15)4-2/h9-10,12-13,15,18,21H,3-8,11H2,1-2H3. The highest BCUT2D eigenvalue weighted by molar-refractivity contribution is 9.10. The third-order valence-electron chi connectivity index (χ3n) is 4.84. The highest BCUT2D eigenvalue weighted by atomic mass is 79.9. The summed E-state index contributed by atoms with van der Waals surface area (Å²) in [7, 11) is 0. The van der Waals surface area contributed by atoms with Crippen molar-refractivity contribution in [2.75, 3.05) is 6.54 Å². The SMILES string of the molecule is CCCNC(c1ccc(Cl)c(Br)c1)C1CCCCC1CC. The molecule has 21 heavy (non-hydrogen) atoms. The van der Waals surface area contributed by atoms with Crippen molar-refractivity contribution in [3.8, 4) is 0 Å². The molecule has 0 aromatic heterocycles. The first-order chi connectivity index (χ1) is 10.2. The van der Waals surface area contributed by atoms with E-state index in [-0.39, 0.29) is 0 Å². The van der Waals surface area contributed by atoms with E-state index in [1.54, 1.807) is 0 Å². The van der Waals surface area contributed by atoms with Crippen LogP contribution in [-0.4, -0.2) is 6.54 Å². The summed E-state index contributed by atoms with van der Waals surface area (Å²) in [5, 5.41) is 4.60. The van der Waals surface area contributed by atoms with E-state index in [2.05, 4.69) is 47.2 Å². The smallest absolute Gasteiger partial charge is 0.0548 e. The zero-order valence-electron chi connectivity index (χ0n) is 13.2. The van der Waals surface area contributed by atoms with E-state index >= 15 is 0 Å². The van der Waals surface area contributed by atoms with Crippen molar-refractivity contribution in [1.29, 1.82) is 0 Å². The van der Waals surface area contributed by atoms with Gasteiger partial charge in [0.25, 0.3) is 0 Å². The maximum absolute atomic E-state index is 6.16. The van der Waals surface area contributed by atoms with E-state index < -0.39 is 0 Å². The van der Waals surface area contributed by atoms with Gasteiger partial charge in [-0.1, -0.05) is 57.2 Å². The number of rotatable bonds is 6. The first-order valence-electron chi connectivity index (χ1n) is 8.35. The Morgan fingerprint density at radius 1 is 1.29 bits per heavy atom. The van der Waals surface area contributed by atoms with E-state index in [4.69, 9.17) is 11.6 Å². The Balaban J connectivity index is 2.25. The van der Waals surface area contributed by atoms with E-state index in [0.29, 0.717) is 6.04 Å². The summed E-state index contributed by atoms with van der Waals surface area (Å²) in [6.07, 6.45) is 7.99. The molecule has 118 valence electrons. The van der Waals surface area contributed by atoms with Gasteiger partial charge in [0.15, 0.2) is 0 Å². The van der Waals surface area contributed by atoms with Gasteiger partial charge in [0.2, 0.25) is 0 Å². The van der Waals surface area contributed by atoms with Crippen LogP contribution in [0.25, 0.3) is 0 Å². The van der Waals surface area contributed by atoms with Crippen molar-refractivity contribution in [1.82, 2.24) is 5.32 Å². The number of nitrogens with one attached hydrogen (secondary N) is 1. The van der Waals surface area contributed by atoms with Crippen molar-refractivity contribution >= 4 is 27.5 Å². The maximum atomic E-state index is 6.16. The Labute approximate surface area is 143 Å². The lowest BCUT2D eigenvalue weighted by atomic mass is 9.72. The first-order valence-corrected chi connectivity index (χ1v) is 9.52. The Morgan fingerprint density at radius 2 is 2.05 bits per heavy atom. The summed E-state index contributed by atoms with van der Waals surface area (Å²) in [6, 6.07) is 6.88. The van der Waals surface area contributed by atoms with Crippen molar-refractivity contribution in [3.05, 3.63) is 33.3 Å². The lowest BCUT2D eigenvalue weighted by molar-refractivity contribution is 0.175. The van der Waals surface area contributed by atoms with Gasteiger partial charge in [0, 0.05) is 10.5 Å². The summed E-state index contributed by atoms with van der Waals surface area (Å²) in [5.41, 5.74) is 1.38. The molecule has 0 amide bonds. The number of hydrogen-bond acceptors (Lipinski definition) is 1. The molecule has 2 rings (SSSR count). The lowest BCUT2D eigenvalue weighted by Gasteiger charge is -2.38. The minimum Gasteiger partial charge on any atom is -0.310 e. The van der Waals surface area contributed by atoms with Crippen LogP contribution in [0.4, 0.5) is 0 Å². The minimum atomic E-state index is 0.462. The fourth-order valence-electron chi connectivity index (χ4n) is 3.70. The van der Waals surface area contributed by atoms with Gasteiger partial charge in [0.05, 0.1) is 5.02 Å². The molecule has 3 heteroatoms.